The number of carbonyl (C=O) groups is 1. The second-order valence-corrected chi connectivity index (χ2v) is 5.46. The summed E-state index contributed by atoms with van der Waals surface area (Å²) in [6, 6.07) is 7.58. The Kier molecular flexibility index (Phi) is 5.98. The monoisotopic (exact) mass is 292 g/mol. The first kappa shape index (κ1) is 15.8. The molecule has 2 amide bonds. The van der Waals surface area contributed by atoms with E-state index in [0.717, 1.165) is 24.1 Å². The molecule has 0 bridgehead atoms. The first-order chi connectivity index (χ1) is 10.1. The number of benzene rings is 1. The molecule has 0 aromatic heterocycles. The zero-order valence-electron chi connectivity index (χ0n) is 12.1. The highest BCUT2D eigenvalue weighted by Crippen LogP contribution is 2.17. The van der Waals surface area contributed by atoms with Gasteiger partial charge >= 0.3 is 6.03 Å². The van der Waals surface area contributed by atoms with E-state index in [1.54, 1.807) is 0 Å². The molecule has 1 saturated carbocycles. The fourth-order valence-corrected chi connectivity index (χ4v) is 2.53. The Morgan fingerprint density at radius 2 is 1.90 bits per heavy atom. The van der Waals surface area contributed by atoms with Crippen molar-refractivity contribution in [2.24, 2.45) is 5.73 Å². The summed E-state index contributed by atoms with van der Waals surface area (Å²) < 4.78 is 0. The van der Waals surface area contributed by atoms with Crippen molar-refractivity contribution in [2.45, 2.75) is 51.0 Å². The van der Waals surface area contributed by atoms with Crippen LogP contribution in [0.4, 0.5) is 10.5 Å². The van der Waals surface area contributed by atoms with Crippen LogP contribution in [0, 0.1) is 0 Å². The lowest BCUT2D eigenvalue weighted by Gasteiger charge is -2.22. The molecule has 1 aromatic rings. The Labute approximate surface area is 125 Å². The second kappa shape index (κ2) is 7.97. The summed E-state index contributed by atoms with van der Waals surface area (Å²) in [5.74, 6) is 0. The van der Waals surface area contributed by atoms with E-state index in [4.69, 9.17) is 10.8 Å². The predicted octanol–water partition coefficient (Wildman–Crippen LogP) is 1.46. The van der Waals surface area contributed by atoms with Crippen LogP contribution in [-0.4, -0.2) is 23.5 Å². The minimum atomic E-state index is -1.02. The maximum Gasteiger partial charge on any atom is 0.319 e. The number of nitrogens with one attached hydrogen (secondary N) is 3. The number of amides is 2. The Morgan fingerprint density at radius 3 is 2.52 bits per heavy atom. The number of rotatable bonds is 5. The van der Waals surface area contributed by atoms with Gasteiger partial charge in [0, 0.05) is 18.3 Å². The molecule has 0 radical (unpaired) electrons. The van der Waals surface area contributed by atoms with Crippen molar-refractivity contribution in [2.75, 3.05) is 5.32 Å². The van der Waals surface area contributed by atoms with Crippen LogP contribution >= 0.6 is 0 Å². The lowest BCUT2D eigenvalue weighted by atomic mass is 9.96. The standard InChI is InChI=1S/C15H24N4O2/c16-14(20)17-10-11-6-8-13(9-7-11)19-15(21)18-12-4-2-1-3-5-12/h6-9,12,14,17,20H,1-5,10,16H2,(H2,18,19,21). The third-order valence-electron chi connectivity index (χ3n) is 3.67. The van der Waals surface area contributed by atoms with Gasteiger partial charge in [0.15, 0.2) is 6.35 Å². The van der Waals surface area contributed by atoms with Gasteiger partial charge in [-0.3, -0.25) is 11.1 Å². The van der Waals surface area contributed by atoms with E-state index in [-0.39, 0.29) is 6.03 Å². The highest BCUT2D eigenvalue weighted by Gasteiger charge is 2.15. The molecular formula is C15H24N4O2. The fourth-order valence-electron chi connectivity index (χ4n) is 2.53. The molecular weight excluding hydrogens is 268 g/mol. The van der Waals surface area contributed by atoms with Crippen LogP contribution in [-0.2, 0) is 6.54 Å². The Balaban J connectivity index is 1.77. The van der Waals surface area contributed by atoms with Gasteiger partial charge in [0.25, 0.3) is 0 Å². The van der Waals surface area contributed by atoms with Crippen molar-refractivity contribution >= 4 is 11.7 Å². The van der Waals surface area contributed by atoms with Gasteiger partial charge in [0.2, 0.25) is 0 Å². The highest BCUT2D eigenvalue weighted by atomic mass is 16.3. The van der Waals surface area contributed by atoms with Crippen molar-refractivity contribution in [3.05, 3.63) is 29.8 Å². The number of anilines is 1. The summed E-state index contributed by atoms with van der Waals surface area (Å²) in [4.78, 5) is 11.9. The summed E-state index contributed by atoms with van der Waals surface area (Å²) in [5.41, 5.74) is 6.94. The molecule has 1 aromatic carbocycles. The number of carbonyl (C=O) groups excluding carboxylic acids is 1. The summed E-state index contributed by atoms with van der Waals surface area (Å²) in [7, 11) is 0. The average Bonchev–Trinajstić information content (AvgIpc) is 2.47. The minimum Gasteiger partial charge on any atom is -0.366 e. The molecule has 1 aliphatic rings. The van der Waals surface area contributed by atoms with Crippen molar-refractivity contribution < 1.29 is 9.90 Å². The fraction of sp³-hybridized carbons (Fsp3) is 0.533. The number of hydrogen-bond donors (Lipinski definition) is 5. The second-order valence-electron chi connectivity index (χ2n) is 5.46. The van der Waals surface area contributed by atoms with Crippen LogP contribution < -0.4 is 21.7 Å². The summed E-state index contributed by atoms with van der Waals surface area (Å²) in [5, 5.41) is 17.5. The molecule has 2 rings (SSSR count). The number of urea groups is 1. The number of aliphatic hydroxyl groups is 1. The summed E-state index contributed by atoms with van der Waals surface area (Å²) >= 11 is 0. The molecule has 116 valence electrons. The zero-order valence-corrected chi connectivity index (χ0v) is 12.1. The number of hydrogen-bond acceptors (Lipinski definition) is 4. The number of nitrogens with two attached hydrogens (primary N) is 1. The van der Waals surface area contributed by atoms with Gasteiger partial charge in [-0.25, -0.2) is 4.79 Å². The van der Waals surface area contributed by atoms with Crippen molar-refractivity contribution in [1.29, 1.82) is 0 Å². The molecule has 6 heteroatoms. The van der Waals surface area contributed by atoms with E-state index in [9.17, 15) is 4.79 Å². The van der Waals surface area contributed by atoms with Gasteiger partial charge in [-0.1, -0.05) is 31.4 Å². The normalized spacial score (nSPS) is 17.2. The molecule has 0 saturated heterocycles. The SMILES string of the molecule is NC(O)NCc1ccc(NC(=O)NC2CCCCC2)cc1. The topological polar surface area (TPSA) is 99.4 Å². The first-order valence-corrected chi connectivity index (χ1v) is 7.47. The molecule has 0 heterocycles. The molecule has 6 N–H and O–H groups in total. The van der Waals surface area contributed by atoms with Crippen LogP contribution in [0.3, 0.4) is 0 Å². The molecule has 21 heavy (non-hydrogen) atoms. The molecule has 0 aliphatic heterocycles. The van der Waals surface area contributed by atoms with Crippen LogP contribution in [0.15, 0.2) is 24.3 Å². The van der Waals surface area contributed by atoms with Crippen LogP contribution in [0.25, 0.3) is 0 Å². The largest absolute Gasteiger partial charge is 0.366 e. The predicted molar refractivity (Wildman–Crippen MR) is 82.5 cm³/mol. The van der Waals surface area contributed by atoms with Gasteiger partial charge in [0.1, 0.15) is 0 Å². The zero-order chi connectivity index (χ0) is 15.1. The van der Waals surface area contributed by atoms with E-state index in [1.807, 2.05) is 24.3 Å². The van der Waals surface area contributed by atoms with Gasteiger partial charge in [-0.15, -0.1) is 0 Å². The number of aliphatic hydroxyl groups excluding tert-OH is 1. The van der Waals surface area contributed by atoms with E-state index >= 15 is 0 Å². The minimum absolute atomic E-state index is 0.148. The van der Waals surface area contributed by atoms with Gasteiger partial charge in [-0.2, -0.15) is 0 Å². The summed E-state index contributed by atoms with van der Waals surface area (Å²) in [6.07, 6.45) is 4.77. The smallest absolute Gasteiger partial charge is 0.319 e. The Morgan fingerprint density at radius 1 is 1.24 bits per heavy atom. The molecule has 1 aliphatic carbocycles. The lowest BCUT2D eigenvalue weighted by Crippen LogP contribution is -2.39. The van der Waals surface area contributed by atoms with E-state index < -0.39 is 6.35 Å². The van der Waals surface area contributed by atoms with E-state index in [0.29, 0.717) is 12.6 Å². The Bertz CT molecular complexity index is 441. The van der Waals surface area contributed by atoms with Crippen molar-refractivity contribution in [3.63, 3.8) is 0 Å². The molecule has 1 atom stereocenters. The lowest BCUT2D eigenvalue weighted by molar-refractivity contribution is 0.142. The summed E-state index contributed by atoms with van der Waals surface area (Å²) in [6.45, 7) is 0.478. The average molecular weight is 292 g/mol. The van der Waals surface area contributed by atoms with Crippen LogP contribution in [0.2, 0.25) is 0 Å². The maximum absolute atomic E-state index is 11.9. The van der Waals surface area contributed by atoms with Crippen molar-refractivity contribution in [3.8, 4) is 0 Å². The van der Waals surface area contributed by atoms with Gasteiger partial charge in [0.05, 0.1) is 0 Å². The third-order valence-corrected chi connectivity index (χ3v) is 3.67. The third kappa shape index (κ3) is 5.71. The molecule has 1 unspecified atom stereocenters. The Hall–Kier alpha value is -1.63. The van der Waals surface area contributed by atoms with E-state index in [1.165, 1.54) is 19.3 Å². The van der Waals surface area contributed by atoms with Gasteiger partial charge in [-0.05, 0) is 30.5 Å². The maximum atomic E-state index is 11.9. The first-order valence-electron chi connectivity index (χ1n) is 7.47. The molecule has 0 spiro atoms. The van der Waals surface area contributed by atoms with Gasteiger partial charge < -0.3 is 15.7 Å². The van der Waals surface area contributed by atoms with Crippen LogP contribution in [0.1, 0.15) is 37.7 Å². The van der Waals surface area contributed by atoms with Crippen molar-refractivity contribution in [1.82, 2.24) is 10.6 Å². The quantitative estimate of drug-likeness (QED) is 0.531. The highest BCUT2D eigenvalue weighted by molar-refractivity contribution is 5.89. The van der Waals surface area contributed by atoms with Crippen LogP contribution in [0.5, 0.6) is 0 Å². The molecule has 1 fully saturated rings. The van der Waals surface area contributed by atoms with E-state index in [2.05, 4.69) is 16.0 Å². The molecule has 6 nitrogen and oxygen atoms in total.